The van der Waals surface area contributed by atoms with Gasteiger partial charge in [0.1, 0.15) is 5.65 Å². The average molecular weight is 164 g/mol. The lowest BCUT2D eigenvalue weighted by Gasteiger charge is -1.91. The highest BCUT2D eigenvalue weighted by Crippen LogP contribution is 1.97. The van der Waals surface area contributed by atoms with Gasteiger partial charge in [-0.15, -0.1) is 0 Å². The van der Waals surface area contributed by atoms with Gasteiger partial charge >= 0.3 is 11.4 Å². The Morgan fingerprint density at radius 2 is 1.50 bits per heavy atom. The zero-order valence-electron chi connectivity index (χ0n) is 5.87. The van der Waals surface area contributed by atoms with Gasteiger partial charge in [0.05, 0.1) is 5.39 Å². The van der Waals surface area contributed by atoms with Crippen LogP contribution in [0.1, 0.15) is 0 Å². The van der Waals surface area contributed by atoms with Gasteiger partial charge in [0.2, 0.25) is 0 Å². The molecule has 2 aromatic rings. The van der Waals surface area contributed by atoms with E-state index < -0.39 is 11.4 Å². The Bertz CT molecular complexity index is 482. The molecule has 0 aromatic carbocycles. The molecule has 0 aliphatic carbocycles. The zero-order chi connectivity index (χ0) is 8.55. The molecule has 0 saturated carbocycles. The van der Waals surface area contributed by atoms with E-state index in [9.17, 15) is 9.59 Å². The summed E-state index contributed by atoms with van der Waals surface area (Å²) in [5.41, 5.74) is -0.649. The van der Waals surface area contributed by atoms with E-state index in [1.54, 1.807) is 0 Å². The minimum atomic E-state index is -0.496. The van der Waals surface area contributed by atoms with E-state index in [0.717, 1.165) is 0 Å². The molecular weight excluding hydrogens is 160 g/mol. The van der Waals surface area contributed by atoms with Crippen molar-refractivity contribution in [2.75, 3.05) is 0 Å². The Morgan fingerprint density at radius 1 is 1.00 bits per heavy atom. The van der Waals surface area contributed by atoms with Crippen molar-refractivity contribution in [2.24, 2.45) is 0 Å². The molecule has 60 valence electrons. The number of fused-ring (bicyclic) bond motifs is 1. The predicted molar refractivity (Wildman–Crippen MR) is 40.8 cm³/mol. The number of nitrogens with one attached hydrogen (secondary N) is 2. The molecule has 2 aromatic heterocycles. The summed E-state index contributed by atoms with van der Waals surface area (Å²) >= 11 is 0. The van der Waals surface area contributed by atoms with Crippen LogP contribution >= 0.6 is 0 Å². The SMILES string of the molecule is O=c1ncc2cnc(=O)[nH]c2[nH]1. The number of hydrogen-bond donors (Lipinski definition) is 2. The fraction of sp³-hybridized carbons (Fsp3) is 0. The van der Waals surface area contributed by atoms with Crippen molar-refractivity contribution in [3.05, 3.63) is 33.4 Å². The third-order valence-electron chi connectivity index (χ3n) is 1.39. The molecule has 2 N–H and O–H groups in total. The van der Waals surface area contributed by atoms with Gasteiger partial charge in [-0.2, -0.15) is 0 Å². The van der Waals surface area contributed by atoms with E-state index in [1.165, 1.54) is 12.4 Å². The normalized spacial score (nSPS) is 10.3. The standard InChI is InChI=1S/C6H4N4O2/c11-5-7-1-3-2-8-6(12)10-4(3)9-5/h1-2H,(H2,7,8,9,10,11,12). The molecular formula is C6H4N4O2. The minimum absolute atomic E-state index is 0.343. The Labute approximate surface area is 65.3 Å². The topological polar surface area (TPSA) is 91.5 Å². The third-order valence-corrected chi connectivity index (χ3v) is 1.39. The van der Waals surface area contributed by atoms with Crippen LogP contribution in [-0.4, -0.2) is 19.9 Å². The number of aromatic nitrogens is 4. The van der Waals surface area contributed by atoms with Crippen LogP contribution in [0.3, 0.4) is 0 Å². The molecule has 0 saturated heterocycles. The Morgan fingerprint density at radius 3 is 2.00 bits per heavy atom. The lowest BCUT2D eigenvalue weighted by atomic mass is 10.4. The quantitative estimate of drug-likeness (QED) is 0.522. The summed E-state index contributed by atoms with van der Waals surface area (Å²) in [5, 5.41) is 0.592. The number of hydrogen-bond acceptors (Lipinski definition) is 4. The first-order chi connectivity index (χ1) is 5.75. The van der Waals surface area contributed by atoms with Crippen LogP contribution in [0.25, 0.3) is 11.0 Å². The second kappa shape index (κ2) is 2.26. The van der Waals surface area contributed by atoms with Gasteiger partial charge in [0.25, 0.3) is 0 Å². The number of rotatable bonds is 0. The summed E-state index contributed by atoms with van der Waals surface area (Å²) in [7, 11) is 0. The summed E-state index contributed by atoms with van der Waals surface area (Å²) in [4.78, 5) is 33.0. The fourth-order valence-corrected chi connectivity index (χ4v) is 0.873. The first-order valence-corrected chi connectivity index (χ1v) is 3.20. The van der Waals surface area contributed by atoms with Crippen LogP contribution in [0.4, 0.5) is 0 Å². The Hall–Kier alpha value is -1.98. The minimum Gasteiger partial charge on any atom is -0.291 e. The number of H-pyrrole nitrogens is 2. The molecule has 0 amide bonds. The van der Waals surface area contributed by atoms with Gasteiger partial charge < -0.3 is 0 Å². The van der Waals surface area contributed by atoms with Crippen molar-refractivity contribution in [3.63, 3.8) is 0 Å². The fourth-order valence-electron chi connectivity index (χ4n) is 0.873. The Kier molecular flexibility index (Phi) is 1.26. The van der Waals surface area contributed by atoms with Crippen molar-refractivity contribution >= 4 is 11.0 Å². The molecule has 0 spiro atoms. The van der Waals surface area contributed by atoms with Crippen LogP contribution < -0.4 is 11.4 Å². The highest BCUT2D eigenvalue weighted by atomic mass is 16.1. The molecule has 0 aliphatic rings. The van der Waals surface area contributed by atoms with Crippen molar-refractivity contribution in [2.45, 2.75) is 0 Å². The lowest BCUT2D eigenvalue weighted by Crippen LogP contribution is -2.15. The van der Waals surface area contributed by atoms with Gasteiger partial charge in [-0.25, -0.2) is 19.6 Å². The van der Waals surface area contributed by atoms with Gasteiger partial charge in [-0.3, -0.25) is 9.97 Å². The summed E-state index contributed by atoms with van der Waals surface area (Å²) in [6.45, 7) is 0. The maximum absolute atomic E-state index is 10.7. The van der Waals surface area contributed by atoms with E-state index in [1.807, 2.05) is 0 Å². The molecule has 0 aliphatic heterocycles. The zero-order valence-corrected chi connectivity index (χ0v) is 5.87. The van der Waals surface area contributed by atoms with Gasteiger partial charge in [-0.05, 0) is 0 Å². The molecule has 2 rings (SSSR count). The summed E-state index contributed by atoms with van der Waals surface area (Å²) in [6.07, 6.45) is 2.69. The molecule has 12 heavy (non-hydrogen) atoms. The molecule has 0 bridgehead atoms. The third kappa shape index (κ3) is 0.986. The second-order valence-electron chi connectivity index (χ2n) is 2.21. The molecule has 6 nitrogen and oxygen atoms in total. The van der Waals surface area contributed by atoms with Gasteiger partial charge in [0, 0.05) is 12.4 Å². The average Bonchev–Trinajstić information content (AvgIpc) is 2.03. The van der Waals surface area contributed by atoms with Gasteiger partial charge in [0.15, 0.2) is 0 Å². The van der Waals surface area contributed by atoms with E-state index in [4.69, 9.17) is 0 Å². The smallest absolute Gasteiger partial charge is 0.291 e. The molecule has 0 radical (unpaired) electrons. The van der Waals surface area contributed by atoms with Gasteiger partial charge in [-0.1, -0.05) is 0 Å². The highest BCUT2D eigenvalue weighted by Gasteiger charge is 1.94. The van der Waals surface area contributed by atoms with Crippen molar-refractivity contribution in [3.8, 4) is 0 Å². The maximum atomic E-state index is 10.7. The van der Waals surface area contributed by atoms with E-state index in [-0.39, 0.29) is 0 Å². The molecule has 0 atom stereocenters. The first kappa shape index (κ1) is 6.71. The monoisotopic (exact) mass is 164 g/mol. The number of aromatic amines is 2. The second-order valence-corrected chi connectivity index (χ2v) is 2.21. The molecule has 0 unspecified atom stereocenters. The van der Waals surface area contributed by atoms with Crippen LogP contribution in [0.2, 0.25) is 0 Å². The van der Waals surface area contributed by atoms with Crippen LogP contribution in [-0.2, 0) is 0 Å². The van der Waals surface area contributed by atoms with Crippen LogP contribution in [0.5, 0.6) is 0 Å². The summed E-state index contributed by atoms with van der Waals surface area (Å²) in [6, 6.07) is 0. The number of nitrogens with zero attached hydrogens (tertiary/aromatic N) is 2. The van der Waals surface area contributed by atoms with Crippen LogP contribution in [0.15, 0.2) is 22.0 Å². The van der Waals surface area contributed by atoms with E-state index in [0.29, 0.717) is 11.0 Å². The summed E-state index contributed by atoms with van der Waals surface area (Å²) in [5.74, 6) is 0. The van der Waals surface area contributed by atoms with Crippen molar-refractivity contribution in [1.29, 1.82) is 0 Å². The maximum Gasteiger partial charge on any atom is 0.346 e. The van der Waals surface area contributed by atoms with E-state index >= 15 is 0 Å². The molecule has 2 heterocycles. The lowest BCUT2D eigenvalue weighted by molar-refractivity contribution is 1.04. The molecule has 6 heteroatoms. The van der Waals surface area contributed by atoms with E-state index in [2.05, 4.69) is 19.9 Å². The molecule has 0 fully saturated rings. The summed E-state index contributed by atoms with van der Waals surface area (Å²) < 4.78 is 0. The predicted octanol–water partition coefficient (Wildman–Crippen LogP) is -0.994. The van der Waals surface area contributed by atoms with Crippen molar-refractivity contribution < 1.29 is 0 Å². The highest BCUT2D eigenvalue weighted by molar-refractivity contribution is 5.71. The first-order valence-electron chi connectivity index (χ1n) is 3.20. The largest absolute Gasteiger partial charge is 0.346 e. The van der Waals surface area contributed by atoms with Crippen LogP contribution in [0, 0.1) is 0 Å². The Balaban J connectivity index is 2.98. The van der Waals surface area contributed by atoms with Crippen molar-refractivity contribution in [1.82, 2.24) is 19.9 Å².